The van der Waals surface area contributed by atoms with E-state index in [2.05, 4.69) is 167 Å². The van der Waals surface area contributed by atoms with E-state index in [9.17, 15) is 4.91 Å². The number of nitroso groups, excluding NO2 is 1. The fraction of sp³-hybridized carbons (Fsp3) is 0.551. The van der Waals surface area contributed by atoms with Gasteiger partial charge in [-0.25, -0.2) is 0 Å². The lowest BCUT2D eigenvalue weighted by atomic mass is 10.0. The zero-order chi connectivity index (χ0) is 43.7. The lowest BCUT2D eigenvalue weighted by Crippen LogP contribution is -1.94. The van der Waals surface area contributed by atoms with Crippen molar-refractivity contribution in [3.8, 4) is 6.07 Å². The summed E-state index contributed by atoms with van der Waals surface area (Å²) < 4.78 is 6.48. The van der Waals surface area contributed by atoms with Crippen LogP contribution in [0, 0.1) is 43.9 Å². The van der Waals surface area contributed by atoms with Gasteiger partial charge in [0, 0.05) is 50.6 Å². The number of nitrogens with zero attached hydrogens (tertiary/aromatic N) is 8. The average molecular weight is 802 g/mol. The topological polar surface area (TPSA) is 97.3 Å². The summed E-state index contributed by atoms with van der Waals surface area (Å²) in [5.74, 6) is 3.09. The van der Waals surface area contributed by atoms with Crippen molar-refractivity contribution < 1.29 is 4.76 Å². The Labute approximate surface area is 356 Å². The molecule has 58 heavy (non-hydrogen) atoms. The van der Waals surface area contributed by atoms with Crippen LogP contribution in [0.1, 0.15) is 171 Å². The highest BCUT2D eigenvalue weighted by Gasteiger charge is 2.11. The van der Waals surface area contributed by atoms with Gasteiger partial charge >= 0.3 is 0 Å². The standard InChI is InChI=1S/C9H16N2.2C9H12.2C8H14N2.C2H6NO.C2H3N.2CH4/c1-6(2)9-7(3)10-11(5)8(9)4;2*1-8(2)9-6-4-3-5-7-9;1-6(2)8-5-10(4)9-7(8)3;1-6(2)8-5-9-10(4)7(8)3;1-3(2)4;1-2-3;;/h6H,1-5H3;2*3-8H,1-2H3;2*5-6H,1-4H3;1-2H3;1H3;2*1H4/q;;;;;+1;;;. The summed E-state index contributed by atoms with van der Waals surface area (Å²) in [7, 11) is 8.81. The Balaban J connectivity index is -0.000000300. The van der Waals surface area contributed by atoms with E-state index in [4.69, 9.17) is 5.26 Å². The molecule has 0 N–H and O–H groups in total. The van der Waals surface area contributed by atoms with Gasteiger partial charge in [-0.3, -0.25) is 14.0 Å². The first-order valence-electron chi connectivity index (χ1n) is 19.8. The molecule has 0 saturated heterocycles. The van der Waals surface area contributed by atoms with Gasteiger partial charge in [0.25, 0.3) is 0 Å². The molecule has 5 aromatic rings. The molecule has 9 heteroatoms. The first-order valence-corrected chi connectivity index (χ1v) is 19.8. The molecule has 0 aliphatic heterocycles. The second-order valence-electron chi connectivity index (χ2n) is 15.5. The van der Waals surface area contributed by atoms with Crippen molar-refractivity contribution in [1.29, 1.82) is 5.26 Å². The number of hydrogen-bond donors (Lipinski definition) is 0. The molecule has 0 atom stereocenters. The number of rotatable bonds is 5. The molecule has 0 saturated carbocycles. The van der Waals surface area contributed by atoms with Crippen molar-refractivity contribution in [2.24, 2.45) is 21.1 Å². The van der Waals surface area contributed by atoms with Crippen molar-refractivity contribution in [3.63, 3.8) is 0 Å². The van der Waals surface area contributed by atoms with Crippen LogP contribution in [0.5, 0.6) is 0 Å². The lowest BCUT2D eigenvalue weighted by Gasteiger charge is -2.04. The summed E-state index contributed by atoms with van der Waals surface area (Å²) in [5.41, 5.74) is 11.8. The quantitative estimate of drug-likeness (QED) is 0.165. The van der Waals surface area contributed by atoms with Crippen LogP contribution in [-0.4, -0.2) is 48.2 Å². The van der Waals surface area contributed by atoms with E-state index in [0.29, 0.717) is 29.6 Å². The van der Waals surface area contributed by atoms with Gasteiger partial charge in [0.1, 0.15) is 0 Å². The summed E-state index contributed by atoms with van der Waals surface area (Å²) in [4.78, 5) is 9.36. The number of hydrogen-bond acceptors (Lipinski definition) is 5. The molecule has 0 radical (unpaired) electrons. The van der Waals surface area contributed by atoms with E-state index in [1.54, 1.807) is 6.07 Å². The molecule has 0 amide bonds. The van der Waals surface area contributed by atoms with Crippen molar-refractivity contribution >= 4 is 0 Å². The molecule has 0 unspecified atom stereocenters. The maximum Gasteiger partial charge on any atom is 0.182 e. The highest BCUT2D eigenvalue weighted by atomic mass is 16.3. The van der Waals surface area contributed by atoms with E-state index < -0.39 is 0 Å². The molecule has 9 nitrogen and oxygen atoms in total. The highest BCUT2D eigenvalue weighted by Crippen LogP contribution is 2.21. The molecule has 326 valence electrons. The average Bonchev–Trinajstić information content (AvgIpc) is 3.74. The third-order valence-electron chi connectivity index (χ3n) is 8.64. The van der Waals surface area contributed by atoms with Gasteiger partial charge in [-0.05, 0) is 89.9 Å². The van der Waals surface area contributed by atoms with Crippen LogP contribution in [-0.2, 0) is 21.1 Å². The normalized spacial score (nSPS) is 9.59. The minimum atomic E-state index is 0. The second-order valence-corrected chi connectivity index (χ2v) is 15.5. The van der Waals surface area contributed by atoms with Gasteiger partial charge in [0.05, 0.1) is 23.7 Å². The van der Waals surface area contributed by atoms with Crippen LogP contribution in [0.2, 0.25) is 0 Å². The van der Waals surface area contributed by atoms with Crippen LogP contribution in [0.3, 0.4) is 0 Å². The predicted molar refractivity (Wildman–Crippen MR) is 252 cm³/mol. The Morgan fingerprint density at radius 1 is 0.586 bits per heavy atom. The minimum absolute atomic E-state index is 0. The molecule has 3 heterocycles. The van der Waals surface area contributed by atoms with E-state index in [1.807, 2.05) is 53.5 Å². The van der Waals surface area contributed by atoms with Crippen molar-refractivity contribution in [2.45, 2.75) is 148 Å². The second kappa shape index (κ2) is 32.2. The Morgan fingerprint density at radius 3 is 1.12 bits per heavy atom. The molecule has 0 bridgehead atoms. The van der Waals surface area contributed by atoms with Gasteiger partial charge in [0.15, 0.2) is 14.1 Å². The molecule has 0 fully saturated rings. The van der Waals surface area contributed by atoms with Crippen molar-refractivity contribution in [2.75, 3.05) is 14.1 Å². The smallest absolute Gasteiger partial charge is 0.182 e. The third kappa shape index (κ3) is 24.7. The predicted octanol–water partition coefficient (Wildman–Crippen LogP) is 13.3. The summed E-state index contributed by atoms with van der Waals surface area (Å²) >= 11 is 0. The van der Waals surface area contributed by atoms with Crippen molar-refractivity contribution in [1.82, 2.24) is 29.3 Å². The first kappa shape index (κ1) is 59.8. The summed E-state index contributed by atoms with van der Waals surface area (Å²) in [6.45, 7) is 31.7. The minimum Gasteiger partial charge on any atom is -0.275 e. The van der Waals surface area contributed by atoms with Gasteiger partial charge in [-0.1, -0.05) is 145 Å². The van der Waals surface area contributed by atoms with E-state index >= 15 is 0 Å². The number of nitriles is 1. The Morgan fingerprint density at radius 2 is 0.966 bits per heavy atom. The molecule has 2 aromatic carbocycles. The first-order chi connectivity index (χ1) is 26.0. The highest BCUT2D eigenvalue weighted by molar-refractivity contribution is 5.27. The zero-order valence-corrected chi connectivity index (χ0v) is 38.8. The van der Waals surface area contributed by atoms with Crippen molar-refractivity contribution in [3.05, 3.63) is 129 Å². The fourth-order valence-corrected chi connectivity index (χ4v) is 5.57. The van der Waals surface area contributed by atoms with Gasteiger partial charge in [-0.15, -0.1) is 0 Å². The molecule has 3 aromatic heterocycles. The molecule has 0 aliphatic carbocycles. The number of benzene rings is 2. The maximum absolute atomic E-state index is 9.36. The van der Waals surface area contributed by atoms with Crippen LogP contribution in [0.25, 0.3) is 0 Å². The monoisotopic (exact) mass is 802 g/mol. The van der Waals surface area contributed by atoms with E-state index in [1.165, 1.54) is 65.9 Å². The van der Waals surface area contributed by atoms with Crippen LogP contribution < -0.4 is 0 Å². The number of aryl methyl sites for hydroxylation is 5. The van der Waals surface area contributed by atoms with E-state index in [-0.39, 0.29) is 14.9 Å². The fourth-order valence-electron chi connectivity index (χ4n) is 5.57. The Hall–Kier alpha value is -4.84. The lowest BCUT2D eigenvalue weighted by molar-refractivity contribution is -0.486. The van der Waals surface area contributed by atoms with Gasteiger partial charge in [0.2, 0.25) is 0 Å². The SMILES string of the molecule is C.C.CC#N.CC(C)c1ccccc1.CC(C)c1ccccc1.C[N+](C)=O.Cc1c(C(C)C)cnn1C.Cc1nn(C)c(C)c1C(C)C.Cc1nn(C)cc1C(C)C. The Bertz CT molecular complexity index is 1750. The molecular formula is C49H85N8O+. The largest absolute Gasteiger partial charge is 0.275 e. The zero-order valence-electron chi connectivity index (χ0n) is 38.8. The molecule has 0 spiro atoms. The summed E-state index contributed by atoms with van der Waals surface area (Å²) in [6, 6.07) is 22.8. The molecule has 0 aliphatic rings. The maximum atomic E-state index is 9.36. The van der Waals surface area contributed by atoms with Gasteiger partial charge < -0.3 is 0 Å². The molecule has 5 rings (SSSR count). The number of aromatic nitrogens is 6. The van der Waals surface area contributed by atoms with E-state index in [0.717, 1.165) is 10.5 Å². The Kier molecular flexibility index (Phi) is 33.2. The van der Waals surface area contributed by atoms with Gasteiger partial charge in [-0.2, -0.15) is 20.6 Å². The summed E-state index contributed by atoms with van der Waals surface area (Å²) in [6.07, 6.45) is 4.03. The third-order valence-corrected chi connectivity index (χ3v) is 8.64. The van der Waals surface area contributed by atoms with Crippen LogP contribution in [0.15, 0.2) is 73.1 Å². The van der Waals surface area contributed by atoms with Crippen LogP contribution in [0.4, 0.5) is 0 Å². The van der Waals surface area contributed by atoms with Crippen LogP contribution >= 0.6 is 0 Å². The molecular weight excluding hydrogens is 717 g/mol. The summed E-state index contributed by atoms with van der Waals surface area (Å²) in [5, 5.41) is 20.1.